The molecule has 0 saturated heterocycles. The molecule has 0 amide bonds. The van der Waals surface area contributed by atoms with Crippen LogP contribution in [-0.2, 0) is 4.74 Å². The van der Waals surface area contributed by atoms with E-state index < -0.39 is 11.5 Å². The molecule has 13 heavy (non-hydrogen) atoms. The summed E-state index contributed by atoms with van der Waals surface area (Å²) < 4.78 is 5.27. The number of rotatable bonds is 4. The number of ether oxygens (including phenoxy) is 1. The fraction of sp³-hybridized carbons (Fsp3) is 1.00. The van der Waals surface area contributed by atoms with Gasteiger partial charge in [-0.2, -0.15) is 0 Å². The minimum absolute atomic E-state index is 0.0683. The van der Waals surface area contributed by atoms with E-state index in [1.54, 1.807) is 0 Å². The Kier molecular flexibility index (Phi) is 3.83. The number of hydrogen-bond acceptors (Lipinski definition) is 5. The average Bonchev–Trinajstić information content (AvgIpc) is 1.83. The van der Waals surface area contributed by atoms with E-state index in [-0.39, 0.29) is 12.0 Å². The summed E-state index contributed by atoms with van der Waals surface area (Å²) in [7, 11) is 0. The maximum absolute atomic E-state index is 5.79. The molecule has 5 nitrogen and oxygen atoms in total. The molecule has 0 aromatic rings. The fourth-order valence-corrected chi connectivity index (χ4v) is 0.943. The van der Waals surface area contributed by atoms with Gasteiger partial charge in [-0.15, -0.1) is 0 Å². The van der Waals surface area contributed by atoms with Gasteiger partial charge in [0, 0.05) is 0 Å². The standard InChI is InChI=1S/C8H22N4O/c1-5(2)7(9,10)8(11,12)13-6(3)4/h5-6H,9-12H2,1-4H3. The lowest BCUT2D eigenvalue weighted by molar-refractivity contribution is -0.130. The Morgan fingerprint density at radius 1 is 0.923 bits per heavy atom. The maximum Gasteiger partial charge on any atom is 0.202 e. The van der Waals surface area contributed by atoms with E-state index in [0.29, 0.717) is 0 Å². The molecule has 80 valence electrons. The van der Waals surface area contributed by atoms with Crippen LogP contribution in [0.5, 0.6) is 0 Å². The van der Waals surface area contributed by atoms with Crippen molar-refractivity contribution in [3.05, 3.63) is 0 Å². The van der Waals surface area contributed by atoms with Gasteiger partial charge in [-0.1, -0.05) is 13.8 Å². The van der Waals surface area contributed by atoms with Gasteiger partial charge < -0.3 is 16.2 Å². The topological polar surface area (TPSA) is 113 Å². The van der Waals surface area contributed by atoms with Crippen LogP contribution >= 0.6 is 0 Å². The lowest BCUT2D eigenvalue weighted by atomic mass is 9.92. The monoisotopic (exact) mass is 190 g/mol. The molecule has 0 fully saturated rings. The van der Waals surface area contributed by atoms with Crippen LogP contribution < -0.4 is 22.9 Å². The molecular weight excluding hydrogens is 168 g/mol. The minimum atomic E-state index is -1.50. The first kappa shape index (κ1) is 12.8. The van der Waals surface area contributed by atoms with E-state index in [1.807, 2.05) is 27.7 Å². The highest BCUT2D eigenvalue weighted by Crippen LogP contribution is 2.18. The van der Waals surface area contributed by atoms with Crippen molar-refractivity contribution in [2.45, 2.75) is 45.3 Å². The molecule has 0 spiro atoms. The molecule has 0 aromatic heterocycles. The second-order valence-electron chi connectivity index (χ2n) is 4.05. The largest absolute Gasteiger partial charge is 0.342 e. The van der Waals surface area contributed by atoms with Crippen molar-refractivity contribution >= 4 is 0 Å². The molecule has 0 radical (unpaired) electrons. The molecule has 0 rings (SSSR count). The molecule has 0 unspecified atom stereocenters. The van der Waals surface area contributed by atoms with Crippen LogP contribution in [0.3, 0.4) is 0 Å². The van der Waals surface area contributed by atoms with Gasteiger partial charge in [-0.05, 0) is 19.8 Å². The molecule has 0 atom stereocenters. The van der Waals surface area contributed by atoms with Crippen molar-refractivity contribution in [1.82, 2.24) is 0 Å². The quantitative estimate of drug-likeness (QED) is 0.436. The second-order valence-corrected chi connectivity index (χ2v) is 4.05. The Bertz CT molecular complexity index is 166. The first-order chi connectivity index (χ1) is 5.61. The van der Waals surface area contributed by atoms with Gasteiger partial charge >= 0.3 is 0 Å². The third-order valence-corrected chi connectivity index (χ3v) is 2.06. The van der Waals surface area contributed by atoms with Crippen molar-refractivity contribution < 1.29 is 4.74 Å². The van der Waals surface area contributed by atoms with Gasteiger partial charge in [0.1, 0.15) is 5.66 Å². The third-order valence-electron chi connectivity index (χ3n) is 2.06. The van der Waals surface area contributed by atoms with E-state index in [2.05, 4.69) is 0 Å². The summed E-state index contributed by atoms with van der Waals surface area (Å²) >= 11 is 0. The SMILES string of the molecule is CC(C)OC(N)(N)C(N)(N)C(C)C. The summed E-state index contributed by atoms with van der Waals surface area (Å²) in [6.07, 6.45) is -0.111. The van der Waals surface area contributed by atoms with Crippen molar-refractivity contribution in [1.29, 1.82) is 0 Å². The van der Waals surface area contributed by atoms with Crippen molar-refractivity contribution in [2.75, 3.05) is 0 Å². The lowest BCUT2D eigenvalue weighted by Gasteiger charge is -2.43. The van der Waals surface area contributed by atoms with Crippen LogP contribution in [0.2, 0.25) is 0 Å². The molecule has 0 aromatic carbocycles. The van der Waals surface area contributed by atoms with Crippen molar-refractivity contribution in [3.63, 3.8) is 0 Å². The highest BCUT2D eigenvalue weighted by atomic mass is 16.5. The fourth-order valence-electron chi connectivity index (χ4n) is 0.943. The second kappa shape index (κ2) is 3.89. The predicted molar refractivity (Wildman–Crippen MR) is 53.3 cm³/mol. The van der Waals surface area contributed by atoms with Crippen LogP contribution in [-0.4, -0.2) is 17.6 Å². The molecular formula is C8H22N4O. The normalized spacial score (nSPS) is 14.3. The number of nitrogens with two attached hydrogens (primary N) is 4. The zero-order chi connectivity index (χ0) is 10.9. The van der Waals surface area contributed by atoms with Crippen LogP contribution in [0.4, 0.5) is 0 Å². The van der Waals surface area contributed by atoms with Gasteiger partial charge in [0.25, 0.3) is 0 Å². The van der Waals surface area contributed by atoms with Crippen LogP contribution in [0.15, 0.2) is 0 Å². The van der Waals surface area contributed by atoms with Crippen LogP contribution in [0.25, 0.3) is 0 Å². The summed E-state index contributed by atoms with van der Waals surface area (Å²) in [6.45, 7) is 7.34. The van der Waals surface area contributed by atoms with E-state index in [0.717, 1.165) is 0 Å². The Morgan fingerprint density at radius 3 is 1.54 bits per heavy atom. The molecule has 0 aliphatic carbocycles. The van der Waals surface area contributed by atoms with E-state index >= 15 is 0 Å². The highest BCUT2D eigenvalue weighted by Gasteiger charge is 2.44. The smallest absolute Gasteiger partial charge is 0.202 e. The molecule has 0 bridgehead atoms. The minimum Gasteiger partial charge on any atom is -0.342 e. The van der Waals surface area contributed by atoms with Crippen LogP contribution in [0, 0.1) is 5.92 Å². The molecule has 0 heterocycles. The summed E-state index contributed by atoms with van der Waals surface area (Å²) in [4.78, 5) is 0. The van der Waals surface area contributed by atoms with Gasteiger partial charge in [-0.3, -0.25) is 11.5 Å². The summed E-state index contributed by atoms with van der Waals surface area (Å²) in [6, 6.07) is 0. The zero-order valence-electron chi connectivity index (χ0n) is 8.87. The van der Waals surface area contributed by atoms with E-state index in [1.165, 1.54) is 0 Å². The van der Waals surface area contributed by atoms with Gasteiger partial charge in [-0.25, -0.2) is 0 Å². The van der Waals surface area contributed by atoms with E-state index in [4.69, 9.17) is 27.7 Å². The zero-order valence-corrected chi connectivity index (χ0v) is 8.87. The summed E-state index contributed by atoms with van der Waals surface area (Å²) in [5, 5.41) is 0. The maximum atomic E-state index is 5.79. The molecule has 0 aliphatic rings. The Labute approximate surface area is 79.8 Å². The Morgan fingerprint density at radius 2 is 1.31 bits per heavy atom. The molecule has 8 N–H and O–H groups in total. The van der Waals surface area contributed by atoms with Crippen molar-refractivity contribution in [2.24, 2.45) is 28.9 Å². The highest BCUT2D eigenvalue weighted by molar-refractivity contribution is 4.95. The first-order valence-electron chi connectivity index (χ1n) is 4.44. The van der Waals surface area contributed by atoms with Crippen LogP contribution in [0.1, 0.15) is 27.7 Å². The molecule has 5 heteroatoms. The Hall–Kier alpha value is -0.200. The van der Waals surface area contributed by atoms with Gasteiger partial charge in [0.05, 0.1) is 6.10 Å². The first-order valence-corrected chi connectivity index (χ1v) is 4.44. The van der Waals surface area contributed by atoms with E-state index in [9.17, 15) is 0 Å². The molecule has 0 saturated carbocycles. The van der Waals surface area contributed by atoms with Gasteiger partial charge in [0.2, 0.25) is 5.85 Å². The predicted octanol–water partition coefficient (Wildman–Crippen LogP) is -0.748. The molecule has 0 aliphatic heterocycles. The van der Waals surface area contributed by atoms with Gasteiger partial charge in [0.15, 0.2) is 0 Å². The lowest BCUT2D eigenvalue weighted by Crippen LogP contribution is -2.79. The van der Waals surface area contributed by atoms with Crippen molar-refractivity contribution in [3.8, 4) is 0 Å². The summed E-state index contributed by atoms with van der Waals surface area (Å²) in [5.74, 6) is -1.57. The third kappa shape index (κ3) is 2.89. The Balaban J connectivity index is 4.60. The average molecular weight is 190 g/mol. The number of hydrogen-bond donors (Lipinski definition) is 4. The summed E-state index contributed by atoms with van der Waals surface area (Å²) in [5.41, 5.74) is 21.7.